The van der Waals surface area contributed by atoms with Crippen LogP contribution in [0.2, 0.25) is 0 Å². The van der Waals surface area contributed by atoms with Crippen molar-refractivity contribution in [2.45, 2.75) is 104 Å². The average Bonchev–Trinajstić information content (AvgIpc) is 3.29. The number of rotatable bonds is 8. The van der Waals surface area contributed by atoms with Gasteiger partial charge in [-0.25, -0.2) is 8.78 Å². The molecule has 0 saturated heterocycles. The Hall–Kier alpha value is -3.00. The van der Waals surface area contributed by atoms with E-state index in [4.69, 9.17) is 0 Å². The number of alkyl halides is 2. The summed E-state index contributed by atoms with van der Waals surface area (Å²) < 4.78 is 27.3. The SMILES string of the molecule is C=C(CC(C)c1ccc(C(=C2CC3(CCC3)C2)c2ccc(C)cc2)cc1)c1cccc(CC2CCC(F)(F)C2)c1.CC. The van der Waals surface area contributed by atoms with Crippen molar-refractivity contribution in [3.8, 4) is 0 Å². The van der Waals surface area contributed by atoms with Crippen molar-refractivity contribution in [1.82, 2.24) is 0 Å². The fourth-order valence-corrected chi connectivity index (χ4v) is 7.41. The minimum atomic E-state index is -2.48. The molecule has 0 amide bonds. The maximum atomic E-state index is 13.7. The van der Waals surface area contributed by atoms with Gasteiger partial charge >= 0.3 is 0 Å². The molecule has 222 valence electrons. The number of halogens is 2. The Kier molecular flexibility index (Phi) is 9.21. The number of aryl methyl sites for hydroxylation is 1. The Morgan fingerprint density at radius 2 is 1.52 bits per heavy atom. The van der Waals surface area contributed by atoms with Crippen molar-refractivity contribution in [1.29, 1.82) is 0 Å². The summed E-state index contributed by atoms with van der Waals surface area (Å²) in [6.07, 6.45) is 9.00. The molecule has 3 saturated carbocycles. The molecule has 0 N–H and O–H groups in total. The average molecular weight is 567 g/mol. The maximum absolute atomic E-state index is 13.7. The van der Waals surface area contributed by atoms with Crippen LogP contribution in [0.15, 0.2) is 84.9 Å². The molecule has 0 heterocycles. The van der Waals surface area contributed by atoms with Gasteiger partial charge < -0.3 is 0 Å². The molecular weight excluding hydrogens is 518 g/mol. The zero-order chi connectivity index (χ0) is 29.9. The molecule has 2 atom stereocenters. The molecule has 3 aromatic carbocycles. The van der Waals surface area contributed by atoms with Crippen LogP contribution in [-0.4, -0.2) is 5.92 Å². The summed E-state index contributed by atoms with van der Waals surface area (Å²) >= 11 is 0. The summed E-state index contributed by atoms with van der Waals surface area (Å²) in [5, 5.41) is 0. The molecule has 6 rings (SSSR count). The van der Waals surface area contributed by atoms with E-state index >= 15 is 0 Å². The third-order valence-corrected chi connectivity index (χ3v) is 9.97. The maximum Gasteiger partial charge on any atom is 0.248 e. The van der Waals surface area contributed by atoms with Gasteiger partial charge in [0, 0.05) is 12.8 Å². The topological polar surface area (TPSA) is 0 Å². The molecule has 2 heteroatoms. The van der Waals surface area contributed by atoms with Gasteiger partial charge in [0.1, 0.15) is 0 Å². The Balaban J connectivity index is 0.00000173. The second-order valence-electron chi connectivity index (χ2n) is 13.3. The van der Waals surface area contributed by atoms with Gasteiger partial charge in [-0.15, -0.1) is 0 Å². The second kappa shape index (κ2) is 12.7. The first-order valence-corrected chi connectivity index (χ1v) is 16.2. The minimum absolute atomic E-state index is 0.0222. The van der Waals surface area contributed by atoms with E-state index in [-0.39, 0.29) is 18.8 Å². The first kappa shape index (κ1) is 30.5. The van der Waals surface area contributed by atoms with Gasteiger partial charge in [-0.3, -0.25) is 0 Å². The molecule has 3 aliphatic rings. The summed E-state index contributed by atoms with van der Waals surface area (Å²) in [4.78, 5) is 0. The zero-order valence-corrected chi connectivity index (χ0v) is 26.1. The predicted molar refractivity (Wildman–Crippen MR) is 175 cm³/mol. The number of benzene rings is 3. The van der Waals surface area contributed by atoms with Gasteiger partial charge in [0.25, 0.3) is 0 Å². The van der Waals surface area contributed by atoms with E-state index in [1.807, 2.05) is 13.8 Å². The van der Waals surface area contributed by atoms with Crippen molar-refractivity contribution in [3.63, 3.8) is 0 Å². The lowest BCUT2D eigenvalue weighted by molar-refractivity contribution is 0.00508. The third kappa shape index (κ3) is 6.80. The Morgan fingerprint density at radius 3 is 2.10 bits per heavy atom. The normalized spacial score (nSPS) is 20.6. The van der Waals surface area contributed by atoms with Crippen LogP contribution in [0.25, 0.3) is 11.1 Å². The number of hydrogen-bond donors (Lipinski definition) is 0. The molecule has 0 radical (unpaired) electrons. The molecule has 3 aromatic rings. The van der Waals surface area contributed by atoms with Gasteiger partial charge in [0.2, 0.25) is 5.92 Å². The molecule has 0 aromatic heterocycles. The molecule has 3 aliphatic carbocycles. The highest BCUT2D eigenvalue weighted by atomic mass is 19.3. The largest absolute Gasteiger partial charge is 0.248 e. The van der Waals surface area contributed by atoms with Gasteiger partial charge in [-0.05, 0) is 108 Å². The van der Waals surface area contributed by atoms with Crippen LogP contribution in [0.4, 0.5) is 8.78 Å². The molecule has 42 heavy (non-hydrogen) atoms. The first-order valence-electron chi connectivity index (χ1n) is 16.2. The van der Waals surface area contributed by atoms with Crippen LogP contribution < -0.4 is 0 Å². The van der Waals surface area contributed by atoms with Crippen LogP contribution in [-0.2, 0) is 6.42 Å². The summed E-state index contributed by atoms with van der Waals surface area (Å²) in [6, 6.07) is 26.7. The fourth-order valence-electron chi connectivity index (χ4n) is 7.41. The molecular formula is C40H48F2. The molecule has 0 bridgehead atoms. The van der Waals surface area contributed by atoms with Crippen molar-refractivity contribution in [3.05, 3.63) is 118 Å². The van der Waals surface area contributed by atoms with E-state index < -0.39 is 5.92 Å². The Bertz CT molecular complexity index is 1390. The molecule has 3 fully saturated rings. The van der Waals surface area contributed by atoms with Gasteiger partial charge in [-0.2, -0.15) is 0 Å². The fraction of sp³-hybridized carbons (Fsp3) is 0.450. The van der Waals surface area contributed by atoms with E-state index in [2.05, 4.69) is 93.2 Å². The van der Waals surface area contributed by atoms with Gasteiger partial charge in [0.15, 0.2) is 0 Å². The van der Waals surface area contributed by atoms with Crippen LogP contribution in [0.5, 0.6) is 0 Å². The summed E-state index contributed by atoms with van der Waals surface area (Å²) in [6.45, 7) is 12.8. The van der Waals surface area contributed by atoms with Gasteiger partial charge in [0.05, 0.1) is 0 Å². The van der Waals surface area contributed by atoms with E-state index in [9.17, 15) is 8.78 Å². The third-order valence-electron chi connectivity index (χ3n) is 9.97. The molecule has 2 unspecified atom stereocenters. The van der Waals surface area contributed by atoms with Crippen LogP contribution in [0.3, 0.4) is 0 Å². The van der Waals surface area contributed by atoms with E-state index in [0.717, 1.165) is 29.5 Å². The first-order chi connectivity index (χ1) is 20.2. The quantitative estimate of drug-likeness (QED) is 0.254. The van der Waals surface area contributed by atoms with Crippen molar-refractivity contribution in [2.75, 3.05) is 0 Å². The number of allylic oxidation sites excluding steroid dienone is 2. The number of hydrogen-bond acceptors (Lipinski definition) is 0. The highest BCUT2D eigenvalue weighted by Gasteiger charge is 2.46. The summed E-state index contributed by atoms with van der Waals surface area (Å²) in [5.41, 5.74) is 12.4. The van der Waals surface area contributed by atoms with Crippen molar-refractivity contribution in [2.24, 2.45) is 11.3 Å². The lowest BCUT2D eigenvalue weighted by Crippen LogP contribution is -2.38. The second-order valence-corrected chi connectivity index (χ2v) is 13.3. The Labute approximate surface area is 253 Å². The van der Waals surface area contributed by atoms with Crippen LogP contribution in [0.1, 0.15) is 118 Å². The minimum Gasteiger partial charge on any atom is -0.207 e. The van der Waals surface area contributed by atoms with E-state index in [1.165, 1.54) is 59.9 Å². The lowest BCUT2D eigenvalue weighted by Gasteiger charge is -2.52. The van der Waals surface area contributed by atoms with Crippen molar-refractivity contribution >= 4 is 11.1 Å². The Morgan fingerprint density at radius 1 is 0.881 bits per heavy atom. The molecule has 0 nitrogen and oxygen atoms in total. The lowest BCUT2D eigenvalue weighted by atomic mass is 9.53. The molecule has 1 spiro atoms. The van der Waals surface area contributed by atoms with E-state index in [1.54, 1.807) is 5.57 Å². The summed E-state index contributed by atoms with van der Waals surface area (Å²) in [7, 11) is 0. The molecule has 0 aliphatic heterocycles. The van der Waals surface area contributed by atoms with Crippen LogP contribution >= 0.6 is 0 Å². The highest BCUT2D eigenvalue weighted by molar-refractivity contribution is 5.83. The van der Waals surface area contributed by atoms with Gasteiger partial charge in [-0.1, -0.05) is 118 Å². The highest BCUT2D eigenvalue weighted by Crippen LogP contribution is 2.60. The zero-order valence-electron chi connectivity index (χ0n) is 26.1. The van der Waals surface area contributed by atoms with Crippen molar-refractivity contribution < 1.29 is 8.78 Å². The smallest absolute Gasteiger partial charge is 0.207 e. The summed E-state index contributed by atoms with van der Waals surface area (Å²) in [5.74, 6) is -2.06. The standard InChI is InChI=1S/C38H42F2.C2H6/c1-26-8-10-32(11-9-26)36(35-24-37(25-35)17-5-18-37)33-14-12-31(13-15-33)27(2)20-28(3)34-7-4-6-29(22-34)21-30-16-19-38(39,40)23-30;1-2/h4,6-15,22,27,30H,3,5,16-21,23-25H2,1-2H3;1-2H3. The van der Waals surface area contributed by atoms with E-state index in [0.29, 0.717) is 17.8 Å². The predicted octanol–water partition coefficient (Wildman–Crippen LogP) is 12.0. The van der Waals surface area contributed by atoms with Crippen LogP contribution in [0, 0.1) is 18.3 Å². The monoisotopic (exact) mass is 566 g/mol.